The van der Waals surface area contributed by atoms with Crippen molar-refractivity contribution < 1.29 is 0 Å². The van der Waals surface area contributed by atoms with Crippen LogP contribution in [0, 0.1) is 5.41 Å². The molecule has 3 aliphatic rings. The topological polar surface area (TPSA) is 65.4 Å². The maximum atomic E-state index is 4.90. The smallest absolute Gasteiger partial charge is 0.209 e. The predicted molar refractivity (Wildman–Crippen MR) is 127 cm³/mol. The summed E-state index contributed by atoms with van der Waals surface area (Å²) in [6.07, 6.45) is 11.0. The number of piperidine rings is 1. The molecule has 0 atom stereocenters. The molecule has 1 saturated carbocycles. The number of nitrogens with zero attached hydrogens (tertiary/aromatic N) is 4. The van der Waals surface area contributed by atoms with Gasteiger partial charge in [-0.1, -0.05) is 25.3 Å². The van der Waals surface area contributed by atoms with Gasteiger partial charge in [-0.05, 0) is 69.5 Å². The second-order valence-electron chi connectivity index (χ2n) is 8.67. The Morgan fingerprint density at radius 2 is 1.77 bits per heavy atom. The van der Waals surface area contributed by atoms with Crippen molar-refractivity contribution in [3.05, 3.63) is 23.6 Å². The molecule has 2 saturated heterocycles. The quantitative estimate of drug-likeness (QED) is 0.702. The Labute approximate surface area is 184 Å². The zero-order chi connectivity index (χ0) is 20.7. The summed E-state index contributed by atoms with van der Waals surface area (Å²) in [6, 6.07) is 6.27. The molecule has 6 nitrogen and oxygen atoms in total. The van der Waals surface area contributed by atoms with Crippen molar-refractivity contribution in [2.45, 2.75) is 51.4 Å². The van der Waals surface area contributed by atoms with E-state index in [1.807, 2.05) is 11.4 Å². The van der Waals surface area contributed by atoms with E-state index in [1.165, 1.54) is 82.3 Å². The van der Waals surface area contributed by atoms with Gasteiger partial charge in [0.2, 0.25) is 5.13 Å². The van der Waals surface area contributed by atoms with Crippen LogP contribution < -0.4 is 15.5 Å². The molecule has 0 bridgehead atoms. The largest absolute Gasteiger partial charge is 0.356 e. The zero-order valence-electron chi connectivity index (χ0n) is 17.9. The van der Waals surface area contributed by atoms with Crippen LogP contribution in [-0.2, 0) is 0 Å². The summed E-state index contributed by atoms with van der Waals surface area (Å²) in [7, 11) is 0. The highest BCUT2D eigenvalue weighted by molar-refractivity contribution is 7.13. The number of nitrogens with one attached hydrogen (secondary N) is 2. The summed E-state index contributed by atoms with van der Waals surface area (Å²) >= 11 is 1.51. The highest BCUT2D eigenvalue weighted by atomic mass is 32.1. The summed E-state index contributed by atoms with van der Waals surface area (Å²) in [5.41, 5.74) is 2.37. The van der Waals surface area contributed by atoms with E-state index >= 15 is 0 Å². The first-order valence-corrected chi connectivity index (χ1v) is 12.2. The van der Waals surface area contributed by atoms with E-state index in [0.29, 0.717) is 10.5 Å². The second kappa shape index (κ2) is 10.5. The standard InChI is InChI=1S/C19H24N4S.C4H10N2/c1-20-18-22-16(13-24-18)15-7-5-8-17(21-15)23-12-6-11-19(14-23)9-3-2-4-10-19;1-2-5-4-6-3-1/h5,7-8,13H,1-4,6,9-12,14H2;5-6H,1-4H2. The fourth-order valence-corrected chi connectivity index (χ4v) is 5.53. The van der Waals surface area contributed by atoms with Gasteiger partial charge in [-0.2, -0.15) is 0 Å². The van der Waals surface area contributed by atoms with Gasteiger partial charge in [0.05, 0.1) is 5.69 Å². The third-order valence-corrected chi connectivity index (χ3v) is 7.25. The number of rotatable bonds is 3. The molecule has 0 amide bonds. The molecule has 162 valence electrons. The molecule has 5 rings (SSSR count). The summed E-state index contributed by atoms with van der Waals surface area (Å²) in [4.78, 5) is 15.8. The molecule has 0 unspecified atom stereocenters. The van der Waals surface area contributed by atoms with Gasteiger partial charge in [-0.15, -0.1) is 11.3 Å². The number of aromatic nitrogens is 2. The van der Waals surface area contributed by atoms with Crippen LogP contribution in [0.2, 0.25) is 0 Å². The number of aliphatic imine (C=N–C) groups is 1. The van der Waals surface area contributed by atoms with Crippen LogP contribution >= 0.6 is 11.3 Å². The molecule has 2 N–H and O–H groups in total. The van der Waals surface area contributed by atoms with E-state index in [2.05, 4.69) is 44.4 Å². The first-order chi connectivity index (χ1) is 14.8. The predicted octanol–water partition coefficient (Wildman–Crippen LogP) is 4.61. The van der Waals surface area contributed by atoms with Crippen molar-refractivity contribution in [3.63, 3.8) is 0 Å². The molecule has 1 spiro atoms. The van der Waals surface area contributed by atoms with Crippen molar-refractivity contribution in [3.8, 4) is 11.4 Å². The highest BCUT2D eigenvalue weighted by Crippen LogP contribution is 2.44. The Balaban J connectivity index is 0.000000313. The number of hydrogen-bond donors (Lipinski definition) is 2. The lowest BCUT2D eigenvalue weighted by Gasteiger charge is -2.45. The van der Waals surface area contributed by atoms with Crippen LogP contribution in [0.15, 0.2) is 28.6 Å². The Kier molecular flexibility index (Phi) is 7.47. The monoisotopic (exact) mass is 426 g/mol. The van der Waals surface area contributed by atoms with Crippen molar-refractivity contribution in [1.29, 1.82) is 0 Å². The molecule has 2 aromatic heterocycles. The minimum absolute atomic E-state index is 0.536. The number of anilines is 1. The molecule has 2 aromatic rings. The summed E-state index contributed by atoms with van der Waals surface area (Å²) in [6.45, 7) is 9.21. The molecule has 2 aliphatic heterocycles. The summed E-state index contributed by atoms with van der Waals surface area (Å²) in [5.74, 6) is 1.10. The number of hydrogen-bond acceptors (Lipinski definition) is 7. The number of pyridine rings is 1. The third-order valence-electron chi connectivity index (χ3n) is 6.48. The average molecular weight is 427 g/mol. The van der Waals surface area contributed by atoms with E-state index in [-0.39, 0.29) is 0 Å². The van der Waals surface area contributed by atoms with E-state index < -0.39 is 0 Å². The maximum absolute atomic E-state index is 4.90. The lowest BCUT2D eigenvalue weighted by atomic mass is 9.69. The summed E-state index contributed by atoms with van der Waals surface area (Å²) < 4.78 is 0. The van der Waals surface area contributed by atoms with Gasteiger partial charge in [0, 0.05) is 25.1 Å². The van der Waals surface area contributed by atoms with Gasteiger partial charge in [-0.3, -0.25) is 0 Å². The lowest BCUT2D eigenvalue weighted by Crippen LogP contribution is -2.44. The minimum atomic E-state index is 0.536. The van der Waals surface area contributed by atoms with Gasteiger partial charge in [0.25, 0.3) is 0 Å². The Morgan fingerprint density at radius 3 is 2.43 bits per heavy atom. The lowest BCUT2D eigenvalue weighted by molar-refractivity contribution is 0.155. The van der Waals surface area contributed by atoms with Crippen molar-refractivity contribution in [2.75, 3.05) is 37.7 Å². The fourth-order valence-electron chi connectivity index (χ4n) is 4.91. The Hall–Kier alpha value is -1.83. The normalized spacial score (nSPS) is 21.0. The maximum Gasteiger partial charge on any atom is 0.209 e. The van der Waals surface area contributed by atoms with Gasteiger partial charge in [0.15, 0.2) is 0 Å². The third kappa shape index (κ3) is 5.45. The van der Waals surface area contributed by atoms with Gasteiger partial charge < -0.3 is 15.5 Å². The second-order valence-corrected chi connectivity index (χ2v) is 9.51. The molecule has 30 heavy (non-hydrogen) atoms. The van der Waals surface area contributed by atoms with Gasteiger partial charge in [0.1, 0.15) is 11.5 Å². The van der Waals surface area contributed by atoms with E-state index in [1.54, 1.807) is 0 Å². The van der Waals surface area contributed by atoms with Gasteiger partial charge >= 0.3 is 0 Å². The SMILES string of the molecule is C1CNCNC1.C=Nc1nc(-c2cccc(N3CCCC4(CCCCC4)C3)n2)cs1. The highest BCUT2D eigenvalue weighted by Gasteiger charge is 2.36. The molecule has 1 aliphatic carbocycles. The molecule has 3 fully saturated rings. The number of thiazole rings is 1. The van der Waals surface area contributed by atoms with Crippen molar-refractivity contribution in [1.82, 2.24) is 20.6 Å². The Bertz CT molecular complexity index is 793. The molecule has 4 heterocycles. The van der Waals surface area contributed by atoms with Crippen LogP contribution in [0.5, 0.6) is 0 Å². The average Bonchev–Trinajstić information content (AvgIpc) is 3.31. The van der Waals surface area contributed by atoms with Crippen LogP contribution in [0.3, 0.4) is 0 Å². The zero-order valence-corrected chi connectivity index (χ0v) is 18.7. The van der Waals surface area contributed by atoms with Crippen LogP contribution in [-0.4, -0.2) is 49.5 Å². The molecule has 7 heteroatoms. The van der Waals surface area contributed by atoms with E-state index in [0.717, 1.165) is 30.4 Å². The van der Waals surface area contributed by atoms with Crippen LogP contribution in [0.25, 0.3) is 11.4 Å². The molecule has 0 radical (unpaired) electrons. The molecule has 0 aromatic carbocycles. The van der Waals surface area contributed by atoms with Crippen molar-refractivity contribution >= 4 is 29.0 Å². The Morgan fingerprint density at radius 1 is 0.967 bits per heavy atom. The van der Waals surface area contributed by atoms with Gasteiger partial charge in [-0.25, -0.2) is 15.0 Å². The molecular weight excluding hydrogens is 392 g/mol. The first kappa shape index (κ1) is 21.4. The molecular formula is C23H34N6S. The van der Waals surface area contributed by atoms with Crippen LogP contribution in [0.4, 0.5) is 10.9 Å². The van der Waals surface area contributed by atoms with Crippen molar-refractivity contribution in [2.24, 2.45) is 10.4 Å². The van der Waals surface area contributed by atoms with Crippen LogP contribution in [0.1, 0.15) is 51.4 Å². The van der Waals surface area contributed by atoms with E-state index in [9.17, 15) is 0 Å². The first-order valence-electron chi connectivity index (χ1n) is 11.3. The summed E-state index contributed by atoms with van der Waals surface area (Å²) in [5, 5.41) is 9.06. The fraction of sp³-hybridized carbons (Fsp3) is 0.609. The minimum Gasteiger partial charge on any atom is -0.356 e. The van der Waals surface area contributed by atoms with E-state index in [4.69, 9.17) is 4.98 Å².